The first-order valence-electron chi connectivity index (χ1n) is 6.70. The van der Waals surface area contributed by atoms with Crippen LogP contribution in [0.2, 0.25) is 0 Å². The molecule has 0 aliphatic carbocycles. The normalized spacial score (nSPS) is 26.7. The summed E-state index contributed by atoms with van der Waals surface area (Å²) >= 11 is 0. The molecule has 1 fully saturated rings. The summed E-state index contributed by atoms with van der Waals surface area (Å²) in [7, 11) is 0. The SMILES string of the molecule is Cc1ccc(F)c(C(=O)N2CC[C@](C)(O)[C@H](C)C2)c1F. The van der Waals surface area contributed by atoms with E-state index in [4.69, 9.17) is 0 Å². The van der Waals surface area contributed by atoms with Crippen molar-refractivity contribution >= 4 is 5.91 Å². The largest absolute Gasteiger partial charge is 0.390 e. The number of aliphatic hydroxyl groups is 1. The summed E-state index contributed by atoms with van der Waals surface area (Å²) in [6.07, 6.45) is 0.398. The number of hydrogen-bond acceptors (Lipinski definition) is 2. The van der Waals surface area contributed by atoms with E-state index in [-0.39, 0.29) is 11.5 Å². The Balaban J connectivity index is 2.28. The van der Waals surface area contributed by atoms with Crippen LogP contribution < -0.4 is 0 Å². The van der Waals surface area contributed by atoms with Crippen molar-refractivity contribution in [3.63, 3.8) is 0 Å². The Morgan fingerprint density at radius 3 is 2.70 bits per heavy atom. The average Bonchev–Trinajstić information content (AvgIpc) is 2.37. The van der Waals surface area contributed by atoms with Gasteiger partial charge in [-0.05, 0) is 31.9 Å². The predicted octanol–water partition coefficient (Wildman–Crippen LogP) is 2.51. The monoisotopic (exact) mass is 283 g/mol. The number of likely N-dealkylation sites (tertiary alicyclic amines) is 1. The zero-order valence-electron chi connectivity index (χ0n) is 11.9. The van der Waals surface area contributed by atoms with Crippen molar-refractivity contribution in [2.24, 2.45) is 5.92 Å². The second kappa shape index (κ2) is 5.13. The van der Waals surface area contributed by atoms with E-state index in [9.17, 15) is 18.7 Å². The van der Waals surface area contributed by atoms with E-state index in [2.05, 4.69) is 0 Å². The van der Waals surface area contributed by atoms with Crippen molar-refractivity contribution in [1.82, 2.24) is 4.90 Å². The number of rotatable bonds is 1. The van der Waals surface area contributed by atoms with E-state index in [0.717, 1.165) is 6.07 Å². The van der Waals surface area contributed by atoms with Gasteiger partial charge in [0.05, 0.1) is 5.60 Å². The van der Waals surface area contributed by atoms with E-state index < -0.39 is 28.7 Å². The number of carbonyl (C=O) groups excluding carboxylic acids is 1. The minimum atomic E-state index is -0.847. The zero-order valence-corrected chi connectivity index (χ0v) is 11.9. The van der Waals surface area contributed by atoms with Gasteiger partial charge >= 0.3 is 0 Å². The summed E-state index contributed by atoms with van der Waals surface area (Å²) in [4.78, 5) is 13.7. The third-order valence-electron chi connectivity index (χ3n) is 4.23. The van der Waals surface area contributed by atoms with Gasteiger partial charge < -0.3 is 10.0 Å². The average molecular weight is 283 g/mol. The highest BCUT2D eigenvalue weighted by atomic mass is 19.1. The van der Waals surface area contributed by atoms with Crippen LogP contribution in [0.15, 0.2) is 12.1 Å². The molecule has 5 heteroatoms. The molecular formula is C15H19F2NO2. The number of benzene rings is 1. The molecule has 1 heterocycles. The Labute approximate surface area is 117 Å². The molecule has 0 spiro atoms. The van der Waals surface area contributed by atoms with Crippen LogP contribution in [0.25, 0.3) is 0 Å². The van der Waals surface area contributed by atoms with Crippen LogP contribution in [0, 0.1) is 24.5 Å². The summed E-state index contributed by atoms with van der Waals surface area (Å²) in [5, 5.41) is 10.1. The maximum Gasteiger partial charge on any atom is 0.259 e. The van der Waals surface area contributed by atoms with Crippen LogP contribution in [0.4, 0.5) is 8.78 Å². The fourth-order valence-corrected chi connectivity index (χ4v) is 2.42. The third kappa shape index (κ3) is 2.54. The van der Waals surface area contributed by atoms with Gasteiger partial charge in [-0.1, -0.05) is 13.0 Å². The Morgan fingerprint density at radius 1 is 1.45 bits per heavy atom. The predicted molar refractivity (Wildman–Crippen MR) is 71.4 cm³/mol. The van der Waals surface area contributed by atoms with E-state index in [1.807, 2.05) is 6.92 Å². The van der Waals surface area contributed by atoms with Gasteiger partial charge in [0.1, 0.15) is 17.2 Å². The standard InChI is InChI=1S/C15H19F2NO2/c1-9-4-5-11(16)12(13(9)17)14(19)18-7-6-15(3,20)10(2)8-18/h4-5,10,20H,6-8H2,1-3H3/t10-,15+/m1/s1. The molecule has 20 heavy (non-hydrogen) atoms. The summed E-state index contributed by atoms with van der Waals surface area (Å²) in [5.74, 6) is -2.44. The molecule has 1 aliphatic rings. The van der Waals surface area contributed by atoms with E-state index in [0.29, 0.717) is 19.5 Å². The van der Waals surface area contributed by atoms with Crippen molar-refractivity contribution in [2.75, 3.05) is 13.1 Å². The van der Waals surface area contributed by atoms with Gasteiger partial charge in [-0.15, -0.1) is 0 Å². The van der Waals surface area contributed by atoms with E-state index in [1.54, 1.807) is 6.92 Å². The molecule has 0 saturated carbocycles. The lowest BCUT2D eigenvalue weighted by molar-refractivity contribution is -0.0441. The molecule has 3 nitrogen and oxygen atoms in total. The Hall–Kier alpha value is -1.49. The van der Waals surface area contributed by atoms with Gasteiger partial charge in [-0.25, -0.2) is 8.78 Å². The highest BCUT2D eigenvalue weighted by Crippen LogP contribution is 2.29. The lowest BCUT2D eigenvalue weighted by atomic mass is 9.83. The molecule has 0 aromatic heterocycles. The van der Waals surface area contributed by atoms with E-state index >= 15 is 0 Å². The fraction of sp³-hybridized carbons (Fsp3) is 0.533. The van der Waals surface area contributed by atoms with Crippen LogP contribution in [0.1, 0.15) is 36.2 Å². The summed E-state index contributed by atoms with van der Waals surface area (Å²) in [6, 6.07) is 2.42. The van der Waals surface area contributed by atoms with Gasteiger partial charge in [0, 0.05) is 19.0 Å². The number of piperidine rings is 1. The molecule has 1 amide bonds. The maximum absolute atomic E-state index is 14.0. The molecule has 1 aromatic carbocycles. The smallest absolute Gasteiger partial charge is 0.259 e. The van der Waals surface area contributed by atoms with Crippen molar-refractivity contribution in [3.05, 3.63) is 34.9 Å². The molecule has 110 valence electrons. The number of carbonyl (C=O) groups is 1. The molecule has 2 atom stereocenters. The number of nitrogens with zero attached hydrogens (tertiary/aromatic N) is 1. The topological polar surface area (TPSA) is 40.5 Å². The molecule has 1 saturated heterocycles. The summed E-state index contributed by atoms with van der Waals surface area (Å²) in [6.45, 7) is 5.62. The highest BCUT2D eigenvalue weighted by Gasteiger charge is 2.37. The van der Waals surface area contributed by atoms with Gasteiger partial charge in [0.15, 0.2) is 0 Å². The minimum absolute atomic E-state index is 0.142. The molecule has 2 rings (SSSR count). The minimum Gasteiger partial charge on any atom is -0.390 e. The van der Waals surface area contributed by atoms with Crippen LogP contribution in [-0.4, -0.2) is 34.6 Å². The molecule has 0 unspecified atom stereocenters. The van der Waals surface area contributed by atoms with Crippen LogP contribution in [0.3, 0.4) is 0 Å². The molecular weight excluding hydrogens is 264 g/mol. The summed E-state index contributed by atoms with van der Waals surface area (Å²) in [5.41, 5.74) is -1.11. The fourth-order valence-electron chi connectivity index (χ4n) is 2.42. The first kappa shape index (κ1) is 14.9. The van der Waals surface area contributed by atoms with Crippen molar-refractivity contribution in [3.8, 4) is 0 Å². The third-order valence-corrected chi connectivity index (χ3v) is 4.23. The molecule has 1 aromatic rings. The van der Waals surface area contributed by atoms with Gasteiger partial charge in [0.2, 0.25) is 0 Å². The lowest BCUT2D eigenvalue weighted by Crippen LogP contribution is -2.51. The number of hydrogen-bond donors (Lipinski definition) is 1. The number of amides is 1. The first-order valence-corrected chi connectivity index (χ1v) is 6.70. The molecule has 1 N–H and O–H groups in total. The Morgan fingerprint density at radius 2 is 2.10 bits per heavy atom. The zero-order chi connectivity index (χ0) is 15.1. The quantitative estimate of drug-likeness (QED) is 0.860. The second-order valence-electron chi connectivity index (χ2n) is 5.81. The van der Waals surface area contributed by atoms with Crippen molar-refractivity contribution in [2.45, 2.75) is 32.8 Å². The van der Waals surface area contributed by atoms with Crippen LogP contribution in [0.5, 0.6) is 0 Å². The molecule has 1 aliphatic heterocycles. The second-order valence-corrected chi connectivity index (χ2v) is 5.81. The van der Waals surface area contributed by atoms with Crippen molar-refractivity contribution < 1.29 is 18.7 Å². The van der Waals surface area contributed by atoms with Crippen LogP contribution in [-0.2, 0) is 0 Å². The Bertz CT molecular complexity index is 543. The number of halogens is 2. The maximum atomic E-state index is 14.0. The first-order chi connectivity index (χ1) is 9.24. The van der Waals surface area contributed by atoms with Gasteiger partial charge in [0.25, 0.3) is 5.91 Å². The lowest BCUT2D eigenvalue weighted by Gasteiger charge is -2.41. The van der Waals surface area contributed by atoms with E-state index in [1.165, 1.54) is 17.9 Å². The van der Waals surface area contributed by atoms with Crippen molar-refractivity contribution in [1.29, 1.82) is 0 Å². The molecule has 0 radical (unpaired) electrons. The highest BCUT2D eigenvalue weighted by molar-refractivity contribution is 5.95. The van der Waals surface area contributed by atoms with Crippen LogP contribution >= 0.6 is 0 Å². The number of aryl methyl sites for hydroxylation is 1. The van der Waals surface area contributed by atoms with Gasteiger partial charge in [-0.2, -0.15) is 0 Å². The summed E-state index contributed by atoms with van der Waals surface area (Å²) < 4.78 is 27.7. The molecule has 0 bridgehead atoms. The Kier molecular flexibility index (Phi) is 3.82. The van der Waals surface area contributed by atoms with Gasteiger partial charge in [-0.3, -0.25) is 4.79 Å².